The molecule has 3 rings (SSSR count). The second-order valence-corrected chi connectivity index (χ2v) is 9.13. The van der Waals surface area contributed by atoms with Gasteiger partial charge in [0.25, 0.3) is 0 Å². The Balaban J connectivity index is 1.94. The van der Waals surface area contributed by atoms with Crippen molar-refractivity contribution in [2.75, 3.05) is 11.9 Å². The van der Waals surface area contributed by atoms with E-state index >= 15 is 0 Å². The van der Waals surface area contributed by atoms with Crippen molar-refractivity contribution in [2.24, 2.45) is 0 Å². The quantitative estimate of drug-likeness (QED) is 0.283. The van der Waals surface area contributed by atoms with Gasteiger partial charge < -0.3 is 14.2 Å². The fourth-order valence-electron chi connectivity index (χ4n) is 3.14. The Morgan fingerprint density at radius 2 is 1.84 bits per heavy atom. The van der Waals surface area contributed by atoms with Gasteiger partial charge in [-0.1, -0.05) is 41.9 Å². The molecule has 1 N–H and O–H groups in total. The summed E-state index contributed by atoms with van der Waals surface area (Å²) in [6.07, 6.45) is 2.12. The number of hydrogen-bond donors (Lipinski definition) is 1. The summed E-state index contributed by atoms with van der Waals surface area (Å²) in [7, 11) is -4.02. The summed E-state index contributed by atoms with van der Waals surface area (Å²) in [6.45, 7) is 8.43. The normalized spacial score (nSPS) is 11.1. The SMILES string of the molecule is C=CCc1cc(CNc2ccc(C)c(Cl)c2)cc(OCC)c1OS(=O)(=O)c1ccccc1. The molecule has 0 aliphatic heterocycles. The molecule has 32 heavy (non-hydrogen) atoms. The molecule has 0 amide bonds. The van der Waals surface area contributed by atoms with Crippen molar-refractivity contribution >= 4 is 27.4 Å². The highest BCUT2D eigenvalue weighted by molar-refractivity contribution is 7.87. The minimum atomic E-state index is -4.02. The maximum atomic E-state index is 12.8. The van der Waals surface area contributed by atoms with Crippen LogP contribution in [0.3, 0.4) is 0 Å². The Bertz CT molecular complexity index is 1190. The largest absolute Gasteiger partial charge is 0.490 e. The minimum absolute atomic E-state index is 0.0778. The van der Waals surface area contributed by atoms with Crippen LogP contribution in [0.4, 0.5) is 5.69 Å². The van der Waals surface area contributed by atoms with Crippen LogP contribution in [0.1, 0.15) is 23.6 Å². The molecular formula is C25H26ClNO4S. The molecular weight excluding hydrogens is 446 g/mol. The lowest BCUT2D eigenvalue weighted by atomic mass is 10.1. The molecule has 3 aromatic carbocycles. The van der Waals surface area contributed by atoms with Gasteiger partial charge in [0.2, 0.25) is 0 Å². The molecule has 0 aliphatic rings. The molecule has 0 unspecified atom stereocenters. The third-order valence-electron chi connectivity index (χ3n) is 4.75. The monoisotopic (exact) mass is 471 g/mol. The number of hydrogen-bond acceptors (Lipinski definition) is 5. The molecule has 5 nitrogen and oxygen atoms in total. The van der Waals surface area contributed by atoms with Gasteiger partial charge in [-0.05, 0) is 67.8 Å². The first kappa shape index (κ1) is 23.7. The number of anilines is 1. The molecule has 0 atom stereocenters. The Morgan fingerprint density at radius 3 is 2.50 bits per heavy atom. The number of benzene rings is 3. The van der Waals surface area contributed by atoms with E-state index in [0.29, 0.717) is 35.9 Å². The second kappa shape index (κ2) is 10.6. The van der Waals surface area contributed by atoms with Crippen molar-refractivity contribution in [1.29, 1.82) is 0 Å². The zero-order valence-electron chi connectivity index (χ0n) is 18.1. The van der Waals surface area contributed by atoms with Crippen molar-refractivity contribution in [3.8, 4) is 11.5 Å². The molecule has 0 bridgehead atoms. The van der Waals surface area contributed by atoms with E-state index < -0.39 is 10.1 Å². The summed E-state index contributed by atoms with van der Waals surface area (Å²) in [5, 5.41) is 4.02. The van der Waals surface area contributed by atoms with Gasteiger partial charge in [-0.25, -0.2) is 0 Å². The minimum Gasteiger partial charge on any atom is -0.490 e. The summed E-state index contributed by atoms with van der Waals surface area (Å²) in [5.41, 5.74) is 3.47. The fourth-order valence-corrected chi connectivity index (χ4v) is 4.32. The predicted molar refractivity (Wildman–Crippen MR) is 129 cm³/mol. The number of nitrogens with one attached hydrogen (secondary N) is 1. The van der Waals surface area contributed by atoms with Crippen LogP contribution in [0, 0.1) is 6.92 Å². The number of ether oxygens (including phenoxy) is 1. The van der Waals surface area contributed by atoms with Crippen LogP contribution in [0.25, 0.3) is 0 Å². The molecule has 0 aromatic heterocycles. The van der Waals surface area contributed by atoms with E-state index in [0.717, 1.165) is 16.8 Å². The van der Waals surface area contributed by atoms with Crippen LogP contribution in [0.15, 0.2) is 78.2 Å². The Hall–Kier alpha value is -2.96. The maximum Gasteiger partial charge on any atom is 0.339 e. The lowest BCUT2D eigenvalue weighted by Gasteiger charge is -2.18. The molecule has 168 valence electrons. The van der Waals surface area contributed by atoms with Crippen LogP contribution >= 0.6 is 11.6 Å². The second-order valence-electron chi connectivity index (χ2n) is 7.18. The van der Waals surface area contributed by atoms with Gasteiger partial charge in [-0.3, -0.25) is 0 Å². The predicted octanol–water partition coefficient (Wildman–Crippen LogP) is 6.16. The Kier molecular flexibility index (Phi) is 7.83. The van der Waals surface area contributed by atoms with Gasteiger partial charge in [0, 0.05) is 22.8 Å². The highest BCUT2D eigenvalue weighted by Gasteiger charge is 2.22. The smallest absolute Gasteiger partial charge is 0.339 e. The fraction of sp³-hybridized carbons (Fsp3) is 0.200. The van der Waals surface area contributed by atoms with Crippen molar-refractivity contribution in [3.05, 3.63) is 95.0 Å². The molecule has 0 radical (unpaired) electrons. The standard InChI is InChI=1S/C25H26ClNO4S/c1-4-9-20-14-19(17-27-21-13-12-18(3)23(26)16-21)15-24(30-5-2)25(20)31-32(28,29)22-10-7-6-8-11-22/h4,6-8,10-16,27H,1,5,9,17H2,2-3H3. The van der Waals surface area contributed by atoms with Crippen LogP contribution in [0.5, 0.6) is 11.5 Å². The summed E-state index contributed by atoms with van der Waals surface area (Å²) in [5.74, 6) is 0.544. The van der Waals surface area contributed by atoms with Crippen molar-refractivity contribution < 1.29 is 17.3 Å². The average molecular weight is 472 g/mol. The van der Waals surface area contributed by atoms with E-state index in [9.17, 15) is 8.42 Å². The maximum absolute atomic E-state index is 12.8. The van der Waals surface area contributed by atoms with Crippen LogP contribution in [0.2, 0.25) is 5.02 Å². The van der Waals surface area contributed by atoms with Gasteiger partial charge in [0.15, 0.2) is 11.5 Å². The van der Waals surface area contributed by atoms with Crippen LogP contribution in [-0.4, -0.2) is 15.0 Å². The Labute approximate surface area is 194 Å². The van der Waals surface area contributed by atoms with Crippen molar-refractivity contribution in [1.82, 2.24) is 0 Å². The molecule has 0 heterocycles. The number of aryl methyl sites for hydroxylation is 1. The van der Waals surface area contributed by atoms with Crippen LogP contribution < -0.4 is 14.2 Å². The lowest BCUT2D eigenvalue weighted by Crippen LogP contribution is -2.13. The molecule has 0 aliphatic carbocycles. The first-order valence-electron chi connectivity index (χ1n) is 10.2. The number of allylic oxidation sites excluding steroid dienone is 1. The van der Waals surface area contributed by atoms with E-state index in [1.165, 1.54) is 12.1 Å². The first-order chi connectivity index (χ1) is 15.3. The van der Waals surface area contributed by atoms with Gasteiger partial charge in [-0.15, -0.1) is 6.58 Å². The molecule has 0 fully saturated rings. The zero-order valence-corrected chi connectivity index (χ0v) is 19.7. The Morgan fingerprint density at radius 1 is 1.09 bits per heavy atom. The highest BCUT2D eigenvalue weighted by atomic mass is 35.5. The number of rotatable bonds is 10. The van der Waals surface area contributed by atoms with Crippen molar-refractivity contribution in [2.45, 2.75) is 31.7 Å². The van der Waals surface area contributed by atoms with Crippen LogP contribution in [-0.2, 0) is 23.1 Å². The van der Waals surface area contributed by atoms with Gasteiger partial charge in [0.05, 0.1) is 6.61 Å². The van der Waals surface area contributed by atoms with E-state index in [1.54, 1.807) is 30.3 Å². The third-order valence-corrected chi connectivity index (χ3v) is 6.39. The highest BCUT2D eigenvalue weighted by Crippen LogP contribution is 2.36. The van der Waals surface area contributed by atoms with Crippen molar-refractivity contribution in [3.63, 3.8) is 0 Å². The van der Waals surface area contributed by atoms with E-state index in [1.807, 2.05) is 38.1 Å². The summed E-state index contributed by atoms with van der Waals surface area (Å²) in [6, 6.07) is 17.5. The molecule has 7 heteroatoms. The number of halogens is 1. The first-order valence-corrected chi connectivity index (χ1v) is 12.0. The van der Waals surface area contributed by atoms with E-state index in [2.05, 4.69) is 11.9 Å². The van der Waals surface area contributed by atoms with E-state index in [-0.39, 0.29) is 10.6 Å². The summed E-state index contributed by atoms with van der Waals surface area (Å²) >= 11 is 6.22. The van der Waals surface area contributed by atoms with Gasteiger partial charge in [0.1, 0.15) is 4.90 Å². The molecule has 0 saturated heterocycles. The van der Waals surface area contributed by atoms with E-state index in [4.69, 9.17) is 20.5 Å². The van der Waals surface area contributed by atoms with Gasteiger partial charge in [-0.2, -0.15) is 8.42 Å². The van der Waals surface area contributed by atoms with Gasteiger partial charge >= 0.3 is 10.1 Å². The summed E-state index contributed by atoms with van der Waals surface area (Å²) < 4.78 is 37.0. The average Bonchev–Trinajstić information content (AvgIpc) is 2.77. The zero-order chi connectivity index (χ0) is 23.1. The molecule has 3 aromatic rings. The summed E-state index contributed by atoms with van der Waals surface area (Å²) in [4.78, 5) is 0.0778. The lowest BCUT2D eigenvalue weighted by molar-refractivity contribution is 0.326. The topological polar surface area (TPSA) is 64.6 Å². The third kappa shape index (κ3) is 5.84. The molecule has 0 spiro atoms. The molecule has 0 saturated carbocycles.